The van der Waals surface area contributed by atoms with E-state index >= 15 is 0 Å². The summed E-state index contributed by atoms with van der Waals surface area (Å²) in [5.41, 5.74) is 0. The first-order valence-electron chi connectivity index (χ1n) is 8.80. The molecule has 164 valence electrons. The highest BCUT2D eigenvalue weighted by Crippen LogP contribution is 2.41. The first-order valence-corrected chi connectivity index (χ1v) is 10.2. The molecule has 7 nitrogen and oxygen atoms in total. The van der Waals surface area contributed by atoms with Crippen LogP contribution in [0.5, 0.6) is 0 Å². The molecular weight excluding hydrogens is 412 g/mol. The number of carbonyl (C=O) groups excluding carboxylic acids is 2. The van der Waals surface area contributed by atoms with Gasteiger partial charge in [0, 0.05) is 6.42 Å². The summed E-state index contributed by atoms with van der Waals surface area (Å²) in [6.45, 7) is 2.63. The van der Waals surface area contributed by atoms with Gasteiger partial charge in [-0.05, 0) is 33.1 Å². The molecule has 1 fully saturated rings. The molecule has 1 rings (SSSR count). The Morgan fingerprint density at radius 2 is 1.57 bits per heavy atom. The highest BCUT2D eigenvalue weighted by Gasteiger charge is 2.64. The molecule has 1 saturated carbocycles. The fourth-order valence-corrected chi connectivity index (χ4v) is 3.40. The Balaban J connectivity index is 2.60. The van der Waals surface area contributed by atoms with Gasteiger partial charge in [0.25, 0.3) is 0 Å². The first kappa shape index (κ1) is 24.6. The lowest BCUT2D eigenvalue weighted by atomic mass is 9.79. The Kier molecular flexibility index (Phi) is 8.24. The summed E-state index contributed by atoms with van der Waals surface area (Å²) in [5.74, 6) is -7.97. The zero-order chi connectivity index (χ0) is 21.8. The molecule has 1 aliphatic rings. The molecule has 2 unspecified atom stereocenters. The van der Waals surface area contributed by atoms with Gasteiger partial charge in [-0.1, -0.05) is 12.8 Å². The molecule has 0 aromatic carbocycles. The number of ether oxygens (including phenoxy) is 2. The fraction of sp³-hybridized carbons (Fsp3) is 0.875. The Morgan fingerprint density at radius 1 is 1.07 bits per heavy atom. The maximum Gasteiger partial charge on any atom is 0.431 e. The number of alkyl halides is 4. The van der Waals surface area contributed by atoms with Crippen molar-refractivity contribution in [3.8, 4) is 0 Å². The van der Waals surface area contributed by atoms with Crippen LogP contribution in [-0.4, -0.2) is 48.8 Å². The van der Waals surface area contributed by atoms with E-state index in [1.807, 2.05) is 0 Å². The van der Waals surface area contributed by atoms with Crippen molar-refractivity contribution >= 4 is 22.1 Å². The summed E-state index contributed by atoms with van der Waals surface area (Å²) < 4.78 is 91.9. The van der Waals surface area contributed by atoms with E-state index in [9.17, 15) is 35.6 Å². The topological polar surface area (TPSA) is 107 Å². The first-order chi connectivity index (χ1) is 12.7. The number of rotatable bonds is 9. The maximum absolute atomic E-state index is 13.4. The molecule has 0 spiro atoms. The van der Waals surface area contributed by atoms with E-state index in [0.717, 1.165) is 0 Å². The molecule has 0 saturated heterocycles. The third-order valence-electron chi connectivity index (χ3n) is 4.35. The number of carbonyl (C=O) groups is 2. The average molecular weight is 436 g/mol. The molecule has 12 heteroatoms. The number of hydrogen-bond acceptors (Lipinski definition) is 6. The molecule has 2 atom stereocenters. The van der Waals surface area contributed by atoms with Crippen molar-refractivity contribution in [1.29, 1.82) is 0 Å². The van der Waals surface area contributed by atoms with Crippen LogP contribution >= 0.6 is 0 Å². The maximum atomic E-state index is 13.4. The van der Waals surface area contributed by atoms with Gasteiger partial charge in [0.05, 0.1) is 24.5 Å². The Labute approximate surface area is 160 Å². The van der Waals surface area contributed by atoms with E-state index in [0.29, 0.717) is 25.7 Å². The van der Waals surface area contributed by atoms with E-state index in [1.54, 1.807) is 13.8 Å². The minimum absolute atomic E-state index is 0.341. The van der Waals surface area contributed by atoms with Crippen molar-refractivity contribution in [2.45, 2.75) is 69.7 Å². The van der Waals surface area contributed by atoms with Crippen LogP contribution in [0.25, 0.3) is 0 Å². The molecular formula is C16H24F4O7S. The zero-order valence-electron chi connectivity index (χ0n) is 15.5. The summed E-state index contributed by atoms with van der Waals surface area (Å²) in [6.07, 6.45) is -0.660. The normalized spacial score (nSPS) is 21.4. The number of hydrogen-bond donors (Lipinski definition) is 1. The molecule has 0 heterocycles. The largest absolute Gasteiger partial charge is 0.465 e. The number of esters is 2. The Morgan fingerprint density at radius 3 is 2.04 bits per heavy atom. The van der Waals surface area contributed by atoms with Crippen molar-refractivity contribution in [3.05, 3.63) is 0 Å². The van der Waals surface area contributed by atoms with Gasteiger partial charge in [0.1, 0.15) is 0 Å². The SMILES string of the molecule is CC(C)OC(=O)C1CCCCC1C(=O)OCCCC(F)(F)C(F)(F)S(=O)(=O)O. The van der Waals surface area contributed by atoms with Gasteiger partial charge in [0.2, 0.25) is 0 Å². The lowest BCUT2D eigenvalue weighted by Gasteiger charge is -2.29. The van der Waals surface area contributed by atoms with Gasteiger partial charge in [-0.25, -0.2) is 0 Å². The molecule has 0 bridgehead atoms. The van der Waals surface area contributed by atoms with Crippen molar-refractivity contribution in [2.24, 2.45) is 11.8 Å². The number of halogens is 4. The highest BCUT2D eigenvalue weighted by molar-refractivity contribution is 7.87. The third kappa shape index (κ3) is 6.03. The van der Waals surface area contributed by atoms with E-state index in [4.69, 9.17) is 14.0 Å². The van der Waals surface area contributed by atoms with Crippen molar-refractivity contribution in [1.82, 2.24) is 0 Å². The van der Waals surface area contributed by atoms with Gasteiger partial charge in [0.15, 0.2) is 0 Å². The zero-order valence-corrected chi connectivity index (χ0v) is 16.3. The second-order valence-electron chi connectivity index (χ2n) is 6.95. The molecule has 28 heavy (non-hydrogen) atoms. The monoisotopic (exact) mass is 436 g/mol. The van der Waals surface area contributed by atoms with Crippen LogP contribution in [0.15, 0.2) is 0 Å². The van der Waals surface area contributed by atoms with Gasteiger partial charge < -0.3 is 9.47 Å². The van der Waals surface area contributed by atoms with Crippen LogP contribution in [0.1, 0.15) is 52.4 Å². The predicted molar refractivity (Wildman–Crippen MR) is 88.3 cm³/mol. The highest BCUT2D eigenvalue weighted by atomic mass is 32.2. The van der Waals surface area contributed by atoms with Crippen molar-refractivity contribution in [2.75, 3.05) is 6.61 Å². The van der Waals surface area contributed by atoms with Gasteiger partial charge in [-0.15, -0.1) is 0 Å². The second kappa shape index (κ2) is 9.38. The smallest absolute Gasteiger partial charge is 0.431 e. The van der Waals surface area contributed by atoms with Crippen molar-refractivity contribution < 1.29 is 49.6 Å². The van der Waals surface area contributed by atoms with Gasteiger partial charge in [-0.2, -0.15) is 26.0 Å². The fourth-order valence-electron chi connectivity index (χ4n) is 2.92. The Bertz CT molecular complexity index is 664. The van der Waals surface area contributed by atoms with Crippen LogP contribution in [0.4, 0.5) is 17.6 Å². The van der Waals surface area contributed by atoms with Crippen LogP contribution in [0, 0.1) is 11.8 Å². The van der Waals surface area contributed by atoms with E-state index in [-0.39, 0.29) is 6.10 Å². The molecule has 0 aliphatic heterocycles. The van der Waals surface area contributed by atoms with Crippen molar-refractivity contribution in [3.63, 3.8) is 0 Å². The second-order valence-corrected chi connectivity index (χ2v) is 8.41. The van der Waals surface area contributed by atoms with Crippen LogP contribution < -0.4 is 0 Å². The minimum Gasteiger partial charge on any atom is -0.465 e. The molecule has 0 radical (unpaired) electrons. The van der Waals surface area contributed by atoms with Crippen LogP contribution in [-0.2, 0) is 29.2 Å². The molecule has 1 N–H and O–H groups in total. The Hall–Kier alpha value is -1.43. The molecule has 0 aromatic rings. The van der Waals surface area contributed by atoms with Crippen LogP contribution in [0.3, 0.4) is 0 Å². The lowest BCUT2D eigenvalue weighted by Crippen LogP contribution is -2.46. The molecule has 1 aliphatic carbocycles. The van der Waals surface area contributed by atoms with E-state index in [1.165, 1.54) is 0 Å². The minimum atomic E-state index is -6.30. The lowest BCUT2D eigenvalue weighted by molar-refractivity contribution is -0.170. The summed E-state index contributed by atoms with van der Waals surface area (Å²) in [6, 6.07) is 0. The van der Waals surface area contributed by atoms with Crippen LogP contribution in [0.2, 0.25) is 0 Å². The summed E-state index contributed by atoms with van der Waals surface area (Å²) in [4.78, 5) is 24.3. The quantitative estimate of drug-likeness (QED) is 0.256. The average Bonchev–Trinajstić information content (AvgIpc) is 2.56. The summed E-state index contributed by atoms with van der Waals surface area (Å²) >= 11 is 0. The molecule has 0 amide bonds. The van der Waals surface area contributed by atoms with Gasteiger partial charge >= 0.3 is 33.2 Å². The van der Waals surface area contributed by atoms with E-state index < -0.39 is 64.5 Å². The standard InChI is InChI=1S/C16H24F4O7S/c1-10(2)27-14(22)12-7-4-3-6-11(12)13(21)26-9-5-8-15(17,18)16(19,20)28(23,24)25/h10-12H,3-9H2,1-2H3,(H,23,24,25). The summed E-state index contributed by atoms with van der Waals surface area (Å²) in [7, 11) is -6.30. The third-order valence-corrected chi connectivity index (χ3v) is 5.30. The predicted octanol–water partition coefficient (Wildman–Crippen LogP) is 3.18. The van der Waals surface area contributed by atoms with E-state index in [2.05, 4.69) is 0 Å². The molecule has 0 aromatic heterocycles. The van der Waals surface area contributed by atoms with Gasteiger partial charge in [-0.3, -0.25) is 14.1 Å². The summed E-state index contributed by atoms with van der Waals surface area (Å²) in [5, 5.41) is -5.65.